The maximum Gasteiger partial charge on any atom is 0.254 e. The molecule has 1 amide bonds. The molecule has 16 heteroatoms. The van der Waals surface area contributed by atoms with Crippen LogP contribution < -0.4 is 0 Å². The van der Waals surface area contributed by atoms with Gasteiger partial charge in [-0.25, -0.2) is 22.8 Å². The van der Waals surface area contributed by atoms with Gasteiger partial charge < -0.3 is 24.6 Å². The van der Waals surface area contributed by atoms with E-state index in [1.54, 1.807) is 43.2 Å². The first-order valence-electron chi connectivity index (χ1n) is 12.7. The molecule has 1 aliphatic rings. The minimum Gasteiger partial charge on any atom is -0.394 e. The van der Waals surface area contributed by atoms with Gasteiger partial charge in [-0.05, 0) is 30.3 Å². The first-order chi connectivity index (χ1) is 20.6. The molecule has 0 aliphatic carbocycles. The zero-order valence-electron chi connectivity index (χ0n) is 22.6. The van der Waals surface area contributed by atoms with Crippen LogP contribution >= 0.6 is 34.7 Å². The molecule has 1 fully saturated rings. The lowest BCUT2D eigenvalue weighted by molar-refractivity contribution is -0.196. The van der Waals surface area contributed by atoms with E-state index in [1.165, 1.54) is 27.1 Å². The molecule has 0 spiro atoms. The van der Waals surface area contributed by atoms with Crippen LogP contribution in [0.1, 0.15) is 22.1 Å². The molecule has 228 valence electrons. The Hall–Kier alpha value is -3.05. The number of hydrogen-bond donors (Lipinski definition) is 2. The predicted octanol–water partition coefficient (Wildman–Crippen LogP) is 4.17. The van der Waals surface area contributed by atoms with Crippen LogP contribution in [0.2, 0.25) is 5.02 Å². The van der Waals surface area contributed by atoms with Crippen molar-refractivity contribution in [3.63, 3.8) is 0 Å². The molecular weight excluding hydrogens is 631 g/mol. The topological polar surface area (TPSA) is 123 Å². The van der Waals surface area contributed by atoms with Crippen LogP contribution in [0.3, 0.4) is 0 Å². The maximum absolute atomic E-state index is 14.0. The molecule has 5 rings (SSSR count). The maximum atomic E-state index is 14.0. The number of ether oxygens (including phenoxy) is 2. The van der Waals surface area contributed by atoms with Gasteiger partial charge in [0.2, 0.25) is 0 Å². The summed E-state index contributed by atoms with van der Waals surface area (Å²) in [5, 5.41) is 31.7. The van der Waals surface area contributed by atoms with E-state index < -0.39 is 53.8 Å². The summed E-state index contributed by atoms with van der Waals surface area (Å²) >= 11 is 8.75. The number of hydrogen-bond acceptors (Lipinski definition) is 10. The van der Waals surface area contributed by atoms with E-state index in [0.717, 1.165) is 23.9 Å². The third kappa shape index (κ3) is 6.72. The number of thioether (sulfide) groups is 1. The lowest BCUT2D eigenvalue weighted by atomic mass is 9.97. The Morgan fingerprint density at radius 1 is 1.23 bits per heavy atom. The Morgan fingerprint density at radius 3 is 2.63 bits per heavy atom. The fraction of sp³-hybridized carbons (Fsp3) is 0.333. The fourth-order valence-corrected chi connectivity index (χ4v) is 6.60. The molecule has 3 heterocycles. The van der Waals surface area contributed by atoms with Gasteiger partial charge in [-0.1, -0.05) is 28.6 Å². The first kappa shape index (κ1) is 31.4. The van der Waals surface area contributed by atoms with Crippen molar-refractivity contribution in [2.75, 3.05) is 20.7 Å². The third-order valence-electron chi connectivity index (χ3n) is 6.65. The standard InChI is InChI=1S/C27H25ClF3N5O5S2/c1-35(2)26(39)16-4-3-14(28)7-21(16)43-27-25(40-10-15-11-42-12-32-15)23(24(38)20(9-37)41-27)36-8-19(33-34-36)13-5-17(29)22(31)18(30)6-13/h3-8,11-12,20,23-25,27,37-38H,9-10H2,1-2H3. The fourth-order valence-electron chi connectivity index (χ4n) is 4.52. The molecule has 43 heavy (non-hydrogen) atoms. The largest absolute Gasteiger partial charge is 0.394 e. The van der Waals surface area contributed by atoms with E-state index in [-0.39, 0.29) is 23.8 Å². The summed E-state index contributed by atoms with van der Waals surface area (Å²) in [4.78, 5) is 19.1. The molecule has 0 bridgehead atoms. The van der Waals surface area contributed by atoms with Gasteiger partial charge in [-0.15, -0.1) is 16.4 Å². The van der Waals surface area contributed by atoms with Gasteiger partial charge in [-0.2, -0.15) is 0 Å². The number of thiazole rings is 1. The number of carbonyl (C=O) groups excluding carboxylic acids is 1. The Labute approximate surface area is 257 Å². The minimum atomic E-state index is -1.62. The van der Waals surface area contributed by atoms with Crippen molar-refractivity contribution < 1.29 is 37.7 Å². The van der Waals surface area contributed by atoms with Gasteiger partial charge in [0, 0.05) is 35.0 Å². The van der Waals surface area contributed by atoms with Crippen LogP contribution in [-0.2, 0) is 16.1 Å². The van der Waals surface area contributed by atoms with Crippen molar-refractivity contribution >= 4 is 40.6 Å². The van der Waals surface area contributed by atoms with Crippen molar-refractivity contribution in [3.8, 4) is 11.3 Å². The zero-order chi connectivity index (χ0) is 30.8. The SMILES string of the molecule is CN(C)C(=O)c1ccc(Cl)cc1SC1OC(CO)C(O)C(n2cc(-c3cc(F)c(F)c(F)c3)nn2)C1OCc1cscn1. The van der Waals surface area contributed by atoms with Crippen LogP contribution in [-0.4, -0.2) is 85.4 Å². The molecule has 4 aromatic rings. The Kier molecular flexibility index (Phi) is 9.70. The molecular formula is C27H25ClF3N5O5S2. The van der Waals surface area contributed by atoms with Crippen molar-refractivity contribution in [1.29, 1.82) is 0 Å². The normalized spacial score (nSPS) is 22.1. The van der Waals surface area contributed by atoms with Gasteiger partial charge in [0.05, 0.1) is 36.2 Å². The highest BCUT2D eigenvalue weighted by molar-refractivity contribution is 8.00. The van der Waals surface area contributed by atoms with E-state index in [2.05, 4.69) is 15.3 Å². The highest BCUT2D eigenvalue weighted by atomic mass is 35.5. The van der Waals surface area contributed by atoms with Crippen molar-refractivity contribution in [1.82, 2.24) is 24.9 Å². The van der Waals surface area contributed by atoms with E-state index in [9.17, 15) is 28.2 Å². The summed E-state index contributed by atoms with van der Waals surface area (Å²) in [6.07, 6.45) is -2.19. The summed E-state index contributed by atoms with van der Waals surface area (Å²) in [7, 11) is 3.22. The second-order valence-electron chi connectivity index (χ2n) is 9.76. The minimum absolute atomic E-state index is 0.00629. The average molecular weight is 656 g/mol. The van der Waals surface area contributed by atoms with Crippen LogP contribution in [0.5, 0.6) is 0 Å². The smallest absolute Gasteiger partial charge is 0.254 e. The number of amides is 1. The van der Waals surface area contributed by atoms with Crippen LogP contribution in [0, 0.1) is 17.5 Å². The second kappa shape index (κ2) is 13.3. The summed E-state index contributed by atoms with van der Waals surface area (Å²) < 4.78 is 55.1. The van der Waals surface area contributed by atoms with Gasteiger partial charge in [0.25, 0.3) is 5.91 Å². The summed E-state index contributed by atoms with van der Waals surface area (Å²) in [5.41, 5.74) is 1.55. The van der Waals surface area contributed by atoms with E-state index in [4.69, 9.17) is 21.1 Å². The second-order valence-corrected chi connectivity index (χ2v) is 12.1. The van der Waals surface area contributed by atoms with Crippen LogP contribution in [0.25, 0.3) is 11.3 Å². The quantitative estimate of drug-likeness (QED) is 0.256. The van der Waals surface area contributed by atoms with Crippen molar-refractivity contribution in [3.05, 3.63) is 81.2 Å². The molecule has 0 radical (unpaired) electrons. The van der Waals surface area contributed by atoms with E-state index in [1.807, 2.05) is 0 Å². The van der Waals surface area contributed by atoms with Gasteiger partial charge in [0.15, 0.2) is 17.5 Å². The molecule has 2 N–H and O–H groups in total. The summed E-state index contributed by atoms with van der Waals surface area (Å²) in [6.45, 7) is -0.570. The van der Waals surface area contributed by atoms with E-state index >= 15 is 0 Å². The Balaban J connectivity index is 1.55. The number of aromatic nitrogens is 4. The molecule has 10 nitrogen and oxygen atoms in total. The molecule has 1 aliphatic heterocycles. The van der Waals surface area contributed by atoms with Crippen LogP contribution in [0.15, 0.2) is 52.3 Å². The summed E-state index contributed by atoms with van der Waals surface area (Å²) in [5.74, 6) is -4.71. The lowest BCUT2D eigenvalue weighted by Crippen LogP contribution is -2.55. The number of halogens is 4. The lowest BCUT2D eigenvalue weighted by Gasteiger charge is -2.43. The molecule has 0 saturated carbocycles. The number of rotatable bonds is 9. The Morgan fingerprint density at radius 2 is 1.98 bits per heavy atom. The van der Waals surface area contributed by atoms with Gasteiger partial charge in [-0.3, -0.25) is 4.79 Å². The highest BCUT2D eigenvalue weighted by Crippen LogP contribution is 2.42. The zero-order valence-corrected chi connectivity index (χ0v) is 25.0. The highest BCUT2D eigenvalue weighted by Gasteiger charge is 2.48. The third-order valence-corrected chi connectivity index (χ3v) is 8.72. The summed E-state index contributed by atoms with van der Waals surface area (Å²) in [6, 6.07) is 5.28. The number of benzene rings is 2. The number of aliphatic hydroxyl groups excluding tert-OH is 2. The molecule has 2 aromatic carbocycles. The van der Waals surface area contributed by atoms with Gasteiger partial charge >= 0.3 is 0 Å². The number of carbonyl (C=O) groups is 1. The van der Waals surface area contributed by atoms with E-state index in [0.29, 0.717) is 21.2 Å². The molecule has 5 atom stereocenters. The predicted molar refractivity (Wildman–Crippen MR) is 152 cm³/mol. The molecule has 2 aromatic heterocycles. The first-order valence-corrected chi connectivity index (χ1v) is 14.9. The van der Waals surface area contributed by atoms with Gasteiger partial charge in [0.1, 0.15) is 35.5 Å². The van der Waals surface area contributed by atoms with Crippen LogP contribution in [0.4, 0.5) is 13.2 Å². The monoisotopic (exact) mass is 655 g/mol. The number of aliphatic hydroxyl groups is 2. The average Bonchev–Trinajstić information content (AvgIpc) is 3.68. The van der Waals surface area contributed by atoms with Crippen molar-refractivity contribution in [2.24, 2.45) is 0 Å². The molecule has 5 unspecified atom stereocenters. The molecule has 1 saturated heterocycles. The Bertz CT molecular complexity index is 1570. The van der Waals surface area contributed by atoms with Crippen molar-refractivity contribution in [2.45, 2.75) is 41.3 Å². The number of nitrogens with zero attached hydrogens (tertiary/aromatic N) is 5.